The Hall–Kier alpha value is -3.14. The van der Waals surface area contributed by atoms with Crippen molar-refractivity contribution >= 4 is 12.2 Å². The van der Waals surface area contributed by atoms with Crippen LogP contribution in [0, 0.1) is 0 Å². The molecule has 0 aliphatic heterocycles. The van der Waals surface area contributed by atoms with E-state index in [1.807, 2.05) is 60.7 Å². The average molecular weight is 318 g/mol. The minimum absolute atomic E-state index is 0.205. The van der Waals surface area contributed by atoms with Crippen molar-refractivity contribution < 1.29 is 0 Å². The summed E-state index contributed by atoms with van der Waals surface area (Å²) in [6.45, 7) is 0. The lowest BCUT2D eigenvalue weighted by Gasteiger charge is -2.05. The largest absolute Gasteiger partial charge is 0.305 e. The van der Waals surface area contributed by atoms with Crippen LogP contribution in [0.1, 0.15) is 11.1 Å². The van der Waals surface area contributed by atoms with Crippen molar-refractivity contribution in [3.63, 3.8) is 0 Å². The molecule has 0 N–H and O–H groups in total. The van der Waals surface area contributed by atoms with Crippen LogP contribution < -0.4 is 21.8 Å². The molecule has 0 atom stereocenters. The molecule has 0 radical (unpaired) electrons. The van der Waals surface area contributed by atoms with Gasteiger partial charge in [-0.3, -0.25) is 9.59 Å². The lowest BCUT2D eigenvalue weighted by Crippen LogP contribution is -2.56. The Morgan fingerprint density at radius 3 is 1.29 bits per heavy atom. The van der Waals surface area contributed by atoms with Crippen molar-refractivity contribution in [3.8, 4) is 0 Å². The van der Waals surface area contributed by atoms with Crippen LogP contribution in [-0.2, 0) is 14.1 Å². The van der Waals surface area contributed by atoms with Gasteiger partial charge in [0.05, 0.1) is 0 Å². The minimum Gasteiger partial charge on any atom is -0.305 e. The summed E-state index contributed by atoms with van der Waals surface area (Å²) in [4.78, 5) is 25.4. The van der Waals surface area contributed by atoms with Gasteiger partial charge < -0.3 is 9.13 Å². The van der Waals surface area contributed by atoms with Crippen LogP contribution in [0.25, 0.3) is 12.2 Å². The molecule has 0 bridgehead atoms. The predicted octanol–water partition coefficient (Wildman–Crippen LogP) is 0.742. The van der Waals surface area contributed by atoms with E-state index in [1.165, 1.54) is 9.13 Å². The van der Waals surface area contributed by atoms with E-state index in [0.717, 1.165) is 11.1 Å². The molecule has 120 valence electrons. The van der Waals surface area contributed by atoms with Crippen LogP contribution in [0.15, 0.2) is 70.3 Å². The Kier molecular flexibility index (Phi) is 4.29. The summed E-state index contributed by atoms with van der Waals surface area (Å²) < 4.78 is 2.81. The maximum atomic E-state index is 12.7. The summed E-state index contributed by atoms with van der Waals surface area (Å²) in [6.07, 6.45) is 3.46. The molecule has 1 aromatic heterocycles. The zero-order valence-electron chi connectivity index (χ0n) is 13.6. The summed E-state index contributed by atoms with van der Waals surface area (Å²) in [5.74, 6) is 0. The van der Waals surface area contributed by atoms with Crippen molar-refractivity contribution in [1.29, 1.82) is 0 Å². The second-order valence-corrected chi connectivity index (χ2v) is 5.61. The Labute approximate surface area is 139 Å². The van der Waals surface area contributed by atoms with Crippen LogP contribution >= 0.6 is 0 Å². The van der Waals surface area contributed by atoms with Gasteiger partial charge in [0.15, 0.2) is 0 Å². The van der Waals surface area contributed by atoms with Crippen LogP contribution in [0.3, 0.4) is 0 Å². The molecule has 0 aliphatic rings. The van der Waals surface area contributed by atoms with E-state index in [2.05, 4.69) is 0 Å². The zero-order valence-corrected chi connectivity index (χ0v) is 13.6. The van der Waals surface area contributed by atoms with Gasteiger partial charge in [-0.15, -0.1) is 0 Å². The molecule has 0 amide bonds. The quantitative estimate of drug-likeness (QED) is 0.700. The van der Waals surface area contributed by atoms with Gasteiger partial charge in [-0.25, -0.2) is 0 Å². The minimum atomic E-state index is -0.205. The van der Waals surface area contributed by atoms with Crippen molar-refractivity contribution in [2.24, 2.45) is 14.1 Å². The van der Waals surface area contributed by atoms with Gasteiger partial charge in [-0.2, -0.15) is 0 Å². The fourth-order valence-electron chi connectivity index (χ4n) is 2.58. The van der Waals surface area contributed by atoms with E-state index >= 15 is 0 Å². The van der Waals surface area contributed by atoms with Gasteiger partial charge in [-0.1, -0.05) is 60.7 Å². The summed E-state index contributed by atoms with van der Waals surface area (Å²) in [7, 11) is 3.25. The van der Waals surface area contributed by atoms with Crippen molar-refractivity contribution in [2.45, 2.75) is 0 Å². The molecule has 4 heteroatoms. The van der Waals surface area contributed by atoms with Gasteiger partial charge in [0.1, 0.15) is 10.7 Å². The van der Waals surface area contributed by atoms with Gasteiger partial charge in [0.25, 0.3) is 11.1 Å². The lowest BCUT2D eigenvalue weighted by molar-refractivity contribution is 0.696. The molecule has 0 unspecified atom stereocenters. The van der Waals surface area contributed by atoms with E-state index in [-0.39, 0.29) is 11.1 Å². The van der Waals surface area contributed by atoms with Crippen molar-refractivity contribution in [1.82, 2.24) is 9.13 Å². The molecule has 0 aliphatic carbocycles. The Morgan fingerprint density at radius 2 is 0.958 bits per heavy atom. The fourth-order valence-corrected chi connectivity index (χ4v) is 2.58. The molecule has 3 rings (SSSR count). The summed E-state index contributed by atoms with van der Waals surface area (Å²) in [6, 6.07) is 19.0. The van der Waals surface area contributed by atoms with Gasteiger partial charge in [0, 0.05) is 14.1 Å². The maximum absolute atomic E-state index is 12.7. The van der Waals surface area contributed by atoms with E-state index in [0.29, 0.717) is 10.7 Å². The van der Waals surface area contributed by atoms with Crippen LogP contribution in [0.5, 0.6) is 0 Å². The third kappa shape index (κ3) is 2.99. The molecule has 2 aromatic carbocycles. The van der Waals surface area contributed by atoms with Gasteiger partial charge >= 0.3 is 0 Å². The molecular formula is C20H18N2O2. The maximum Gasteiger partial charge on any atom is 0.274 e. The highest BCUT2D eigenvalue weighted by Crippen LogP contribution is 1.98. The number of nitrogens with zero attached hydrogens (tertiary/aromatic N) is 2. The first-order valence-corrected chi connectivity index (χ1v) is 7.67. The smallest absolute Gasteiger partial charge is 0.274 e. The second-order valence-electron chi connectivity index (χ2n) is 5.61. The first-order chi connectivity index (χ1) is 11.6. The number of rotatable bonds is 2. The topological polar surface area (TPSA) is 44.0 Å². The summed E-state index contributed by atoms with van der Waals surface area (Å²) in [5.41, 5.74) is 1.35. The number of benzene rings is 2. The van der Waals surface area contributed by atoms with E-state index in [4.69, 9.17) is 0 Å². The number of hydrogen-bond acceptors (Lipinski definition) is 2. The Balaban J connectivity index is 2.32. The third-order valence-corrected chi connectivity index (χ3v) is 3.98. The normalized spacial score (nSPS) is 12.6. The molecule has 0 saturated heterocycles. The van der Waals surface area contributed by atoms with Crippen LogP contribution in [0.2, 0.25) is 0 Å². The highest BCUT2D eigenvalue weighted by Gasteiger charge is 2.05. The highest BCUT2D eigenvalue weighted by atomic mass is 16.1. The summed E-state index contributed by atoms with van der Waals surface area (Å²) >= 11 is 0. The fraction of sp³-hybridized carbons (Fsp3) is 0.100. The van der Waals surface area contributed by atoms with E-state index in [9.17, 15) is 9.59 Å². The molecule has 4 nitrogen and oxygen atoms in total. The molecule has 0 saturated carbocycles. The monoisotopic (exact) mass is 318 g/mol. The molecular weight excluding hydrogens is 300 g/mol. The average Bonchev–Trinajstić information content (AvgIpc) is 2.62. The molecule has 1 heterocycles. The molecule has 24 heavy (non-hydrogen) atoms. The lowest BCUT2D eigenvalue weighted by atomic mass is 10.2. The van der Waals surface area contributed by atoms with Crippen LogP contribution in [0.4, 0.5) is 0 Å². The van der Waals surface area contributed by atoms with Gasteiger partial charge in [-0.05, 0) is 23.3 Å². The van der Waals surface area contributed by atoms with Gasteiger partial charge in [0.2, 0.25) is 0 Å². The number of aromatic nitrogens is 2. The Bertz CT molecular complexity index is 1000. The van der Waals surface area contributed by atoms with Crippen LogP contribution in [-0.4, -0.2) is 9.13 Å². The Morgan fingerprint density at radius 1 is 0.625 bits per heavy atom. The van der Waals surface area contributed by atoms with Crippen molar-refractivity contribution in [2.75, 3.05) is 0 Å². The van der Waals surface area contributed by atoms with E-state index < -0.39 is 0 Å². The third-order valence-electron chi connectivity index (χ3n) is 3.98. The predicted molar refractivity (Wildman–Crippen MR) is 96.2 cm³/mol. The number of hydrogen-bond donors (Lipinski definition) is 0. The summed E-state index contributed by atoms with van der Waals surface area (Å²) in [5, 5.41) is 0.720. The first kappa shape index (κ1) is 15.7. The molecule has 0 fully saturated rings. The van der Waals surface area contributed by atoms with Crippen molar-refractivity contribution in [3.05, 3.63) is 103 Å². The second kappa shape index (κ2) is 6.54. The SMILES string of the molecule is Cn1c(=O)c(=Cc2ccccc2)n(C)c(=O)c1=Cc1ccccc1. The first-order valence-electron chi connectivity index (χ1n) is 7.67. The highest BCUT2D eigenvalue weighted by molar-refractivity contribution is 5.49. The molecule has 3 aromatic rings. The van der Waals surface area contributed by atoms with E-state index in [1.54, 1.807) is 26.2 Å². The molecule has 0 spiro atoms. The zero-order chi connectivity index (χ0) is 17.1. The standard InChI is InChI=1S/C20H18N2O2/c1-21-17(13-15-9-5-3-6-10-15)20(24)22(2)18(19(21)23)14-16-11-7-4-8-12-16/h3-14H,1-2H3.